The molecule has 3 unspecified atom stereocenters. The lowest BCUT2D eigenvalue weighted by molar-refractivity contribution is 6.78. The largest absolute Gasteiger partial charge is 0.153 e. The van der Waals surface area contributed by atoms with Gasteiger partial charge in [0.15, 0.2) is 0 Å². The molecule has 0 aliphatic heterocycles. The van der Waals surface area contributed by atoms with Gasteiger partial charge < -0.3 is 0 Å². The molecule has 0 saturated heterocycles. The average molecular weight is 228 g/mol. The monoisotopic (exact) mass is 228 g/mol. The van der Waals surface area contributed by atoms with E-state index in [9.17, 15) is 0 Å². The van der Waals surface area contributed by atoms with Crippen molar-refractivity contribution >= 4 is 48.7 Å². The van der Waals surface area contributed by atoms with E-state index in [1.54, 1.807) is 0 Å². The molecule has 0 aromatic heterocycles. The highest BCUT2D eigenvalue weighted by atomic mass is 127. The molecule has 0 saturated carbocycles. The third-order valence-corrected chi connectivity index (χ3v) is 0. The van der Waals surface area contributed by atoms with Crippen molar-refractivity contribution in [1.82, 2.24) is 0 Å². The highest BCUT2D eigenvalue weighted by Crippen LogP contribution is 1.87. The predicted molar refractivity (Wildman–Crippen MR) is 45.9 cm³/mol. The van der Waals surface area contributed by atoms with Crippen LogP contribution in [0.15, 0.2) is 0 Å². The van der Waals surface area contributed by atoms with Gasteiger partial charge in [-0.3, -0.25) is 0 Å². The van der Waals surface area contributed by atoms with Gasteiger partial charge in [-0.1, -0.05) is 28.9 Å². The summed E-state index contributed by atoms with van der Waals surface area (Å²) < 4.78 is 0. The Bertz CT molecular complexity index is 3.25. The zero-order chi connectivity index (χ0) is 2.00. The van der Waals surface area contributed by atoms with Crippen LogP contribution in [0.3, 0.4) is 0 Å². The Morgan fingerprint density at radius 3 is 1.00 bits per heavy atom. The molecule has 0 aromatic carbocycles. The van der Waals surface area contributed by atoms with Crippen LogP contribution in [-0.2, 0) is 0 Å². The van der Waals surface area contributed by atoms with Crippen LogP contribution in [-0.4, -0.2) is 0 Å². The van der Waals surface area contributed by atoms with Gasteiger partial charge in [0.05, 0.1) is 0 Å². The Balaban J connectivity index is -0.00000000500. The summed E-state index contributed by atoms with van der Waals surface area (Å²) in [4.78, 5) is 0. The third-order valence-electron chi connectivity index (χ3n) is 0. The minimum absolute atomic E-state index is 0. The Kier molecular flexibility index (Phi) is 82.7. The fourth-order valence-corrected chi connectivity index (χ4v) is 0. The summed E-state index contributed by atoms with van der Waals surface area (Å²) >= 11 is 2.07. The second-order valence-corrected chi connectivity index (χ2v) is 0. The van der Waals surface area contributed by atoms with Crippen LogP contribution in [0, 0.1) is 0 Å². The van der Waals surface area contributed by atoms with Crippen molar-refractivity contribution in [3.8, 4) is 0 Å². The first-order chi connectivity index (χ1) is 1.00. The fraction of sp³-hybridized carbons (Fsp3) is 0. The molecule has 0 heterocycles. The second-order valence-electron chi connectivity index (χ2n) is 0. The summed E-state index contributed by atoms with van der Waals surface area (Å²) in [5, 5.41) is 0. The normalized spacial score (nSPS) is 1.50. The smallest absolute Gasteiger partial charge is 0.0610 e. The zero-order valence-electron chi connectivity index (χ0n) is 2.37. The van der Waals surface area contributed by atoms with Crippen molar-refractivity contribution in [2.24, 2.45) is 0 Å². The van der Waals surface area contributed by atoms with Gasteiger partial charge in [-0.25, -0.2) is 0 Å². The maximum absolute atomic E-state index is 2.39. The lowest BCUT2D eigenvalue weighted by atomic mass is 31.0. The van der Waals surface area contributed by atoms with Crippen molar-refractivity contribution in [3.63, 3.8) is 0 Å². The van der Waals surface area contributed by atoms with Crippen molar-refractivity contribution in [1.29, 1.82) is 0 Å². The first kappa shape index (κ1) is 16.6. The van der Waals surface area contributed by atoms with Gasteiger partial charge in [-0.05, 0) is 0 Å². The Morgan fingerprint density at radius 1 is 1.00 bits per heavy atom. The second kappa shape index (κ2) is 19.9. The molecule has 0 nitrogen and oxygen atoms in total. The van der Waals surface area contributed by atoms with Gasteiger partial charge in [-0.15, -0.1) is 0 Å². The van der Waals surface area contributed by atoms with E-state index in [0.717, 1.165) is 0 Å². The van der Waals surface area contributed by atoms with E-state index < -0.39 is 0 Å². The molecule has 0 aromatic rings. The van der Waals surface area contributed by atoms with Crippen molar-refractivity contribution in [2.75, 3.05) is 0 Å². The summed E-state index contributed by atoms with van der Waals surface area (Å²) in [5.74, 6) is 0. The van der Waals surface area contributed by atoms with Crippen LogP contribution in [0.1, 0.15) is 0 Å². The van der Waals surface area contributed by atoms with Gasteiger partial charge in [-0.2, -0.15) is 19.8 Å². The Morgan fingerprint density at radius 2 is 1.00 bits per heavy atom. The van der Waals surface area contributed by atoms with Gasteiger partial charge in [0, 0.05) is 0 Å². The highest BCUT2D eigenvalue weighted by molar-refractivity contribution is 14.2. The molecule has 0 bridgehead atoms. The maximum Gasteiger partial charge on any atom is -0.0610 e. The molecule has 0 aliphatic rings. The predicted octanol–water partition coefficient (Wildman–Crippen LogP) is 1.33. The highest BCUT2D eigenvalue weighted by Gasteiger charge is 0.934. The maximum atomic E-state index is 2.39. The molecule has 0 aliphatic carbocycles. The van der Waals surface area contributed by atoms with Crippen molar-refractivity contribution in [3.05, 3.63) is 0 Å². The van der Waals surface area contributed by atoms with E-state index >= 15 is 0 Å². The first-order valence-electron chi connectivity index (χ1n) is 0.218. The van der Waals surface area contributed by atoms with E-state index in [0.29, 0.717) is 0 Å². The van der Waals surface area contributed by atoms with E-state index in [2.05, 4.69) is 28.9 Å². The van der Waals surface area contributed by atoms with Crippen LogP contribution in [0.4, 0.5) is 0 Å². The van der Waals surface area contributed by atoms with Crippen LogP contribution in [0.25, 0.3) is 0 Å². The number of hydrogen-bond acceptors (Lipinski definition) is 0. The van der Waals surface area contributed by atoms with Crippen LogP contribution in [0.2, 0.25) is 0 Å². The van der Waals surface area contributed by atoms with E-state index in [1.807, 2.05) is 0 Å². The molecule has 0 amide bonds. The summed E-state index contributed by atoms with van der Waals surface area (Å²) in [7, 11) is 0. The quantitative estimate of drug-likeness (QED) is 0.433. The summed E-state index contributed by atoms with van der Waals surface area (Å²) in [6, 6.07) is 0. The molecule has 0 N–H and O–H groups in total. The van der Waals surface area contributed by atoms with Crippen LogP contribution in [0.5, 0.6) is 0 Å². The molecule has 0 rings (SSSR count). The third kappa shape index (κ3) is 8.99. The van der Waals surface area contributed by atoms with E-state index in [-0.39, 0.29) is 19.8 Å². The van der Waals surface area contributed by atoms with Crippen LogP contribution < -0.4 is 0 Å². The fourth-order valence-electron chi connectivity index (χ4n) is 0. The van der Waals surface area contributed by atoms with Crippen LogP contribution >= 0.6 is 48.7 Å². The van der Waals surface area contributed by atoms with Gasteiger partial charge in [0.25, 0.3) is 0 Å². The van der Waals surface area contributed by atoms with Crippen molar-refractivity contribution < 1.29 is 0 Å². The Labute approximate surface area is 48.8 Å². The standard InChI is InChI=1S/H2IP.2H3P/c1-2;;/h2H2;2*1H3. The molecule has 30 valence electrons. The molecule has 3 atom stereocenters. The molecule has 4 heavy (non-hydrogen) atoms. The molecule has 0 radical (unpaired) electrons. The molecular formula is H8IP3. The topological polar surface area (TPSA) is 0 Å². The Hall–Kier alpha value is 2.02. The summed E-state index contributed by atoms with van der Waals surface area (Å²) in [5.41, 5.74) is 0. The van der Waals surface area contributed by atoms with Crippen molar-refractivity contribution in [2.45, 2.75) is 0 Å². The summed E-state index contributed by atoms with van der Waals surface area (Å²) in [6.45, 7) is 2.39. The minimum atomic E-state index is 0. The van der Waals surface area contributed by atoms with Gasteiger partial charge in [0.2, 0.25) is 0 Å². The number of rotatable bonds is 0. The molecular weight excluding hydrogens is 220 g/mol. The lowest BCUT2D eigenvalue weighted by Crippen LogP contribution is -0.127. The minimum Gasteiger partial charge on any atom is -0.153 e. The lowest BCUT2D eigenvalue weighted by Gasteiger charge is -1.07. The van der Waals surface area contributed by atoms with Gasteiger partial charge >= 0.3 is 0 Å². The summed E-state index contributed by atoms with van der Waals surface area (Å²) in [6.07, 6.45) is 0. The van der Waals surface area contributed by atoms with E-state index in [1.165, 1.54) is 0 Å². The molecule has 0 spiro atoms. The number of halogens is 1. The first-order valence-corrected chi connectivity index (χ1v) is 4.39. The number of hydrogen-bond donors (Lipinski definition) is 0. The van der Waals surface area contributed by atoms with E-state index in [4.69, 9.17) is 0 Å². The average Bonchev–Trinajstić information content (AvgIpc) is 1.00. The zero-order valence-corrected chi connectivity index (χ0v) is 8.51. The van der Waals surface area contributed by atoms with Gasteiger partial charge in [0.1, 0.15) is 0 Å². The SMILES string of the molecule is P.P.PI. The molecule has 4 heteroatoms. The molecule has 0 fully saturated rings.